The van der Waals surface area contributed by atoms with Gasteiger partial charge in [-0.05, 0) is 12.5 Å². The van der Waals surface area contributed by atoms with Crippen molar-refractivity contribution in [1.82, 2.24) is 4.98 Å². The Balaban J connectivity index is 2.39. The lowest BCUT2D eigenvalue weighted by Gasteiger charge is -2.19. The van der Waals surface area contributed by atoms with Gasteiger partial charge in [-0.2, -0.15) is 5.26 Å². The van der Waals surface area contributed by atoms with Gasteiger partial charge in [0.05, 0.1) is 18.2 Å². The van der Waals surface area contributed by atoms with Crippen LogP contribution in [0.15, 0.2) is 41.3 Å². The van der Waals surface area contributed by atoms with Crippen molar-refractivity contribution in [3.8, 4) is 6.07 Å². The normalized spacial score (nSPS) is 13.7. The molecule has 1 N–H and O–H groups in total. The molecule has 98 valence electrons. The van der Waals surface area contributed by atoms with Crippen LogP contribution in [0.3, 0.4) is 0 Å². The smallest absolute Gasteiger partial charge is 0.180 e. The molecule has 0 saturated carbocycles. The van der Waals surface area contributed by atoms with Crippen LogP contribution in [0.5, 0.6) is 0 Å². The Morgan fingerprint density at radius 2 is 2.21 bits per heavy atom. The van der Waals surface area contributed by atoms with Crippen LogP contribution >= 0.6 is 0 Å². The molecule has 0 spiro atoms. The Morgan fingerprint density at radius 3 is 2.79 bits per heavy atom. The van der Waals surface area contributed by atoms with Crippen molar-refractivity contribution in [3.63, 3.8) is 0 Å². The standard InChI is InChI=1S/C14H13FN2O2/c15-13-4-2-1-3-10(13)12(7-16)11(5-6-18)14-8-17-9-19-14/h1-4,8-9,11-12,18H,5-6H2/t11-,12+/m0/s1. The highest BCUT2D eigenvalue weighted by Gasteiger charge is 2.28. The molecule has 0 unspecified atom stereocenters. The first-order chi connectivity index (χ1) is 9.27. The lowest BCUT2D eigenvalue weighted by atomic mass is 9.83. The van der Waals surface area contributed by atoms with Crippen molar-refractivity contribution in [3.05, 3.63) is 54.0 Å². The molecule has 19 heavy (non-hydrogen) atoms. The highest BCUT2D eigenvalue weighted by atomic mass is 19.1. The van der Waals surface area contributed by atoms with Gasteiger partial charge < -0.3 is 9.52 Å². The number of benzene rings is 1. The molecule has 1 aromatic heterocycles. The van der Waals surface area contributed by atoms with Gasteiger partial charge in [0.15, 0.2) is 6.39 Å². The minimum atomic E-state index is -0.721. The van der Waals surface area contributed by atoms with Crippen LogP contribution in [-0.2, 0) is 0 Å². The van der Waals surface area contributed by atoms with Crippen LogP contribution in [0.2, 0.25) is 0 Å². The summed E-state index contributed by atoms with van der Waals surface area (Å²) < 4.78 is 19.0. The number of nitriles is 1. The highest BCUT2D eigenvalue weighted by Crippen LogP contribution is 2.36. The van der Waals surface area contributed by atoms with Gasteiger partial charge in [-0.3, -0.25) is 0 Å². The summed E-state index contributed by atoms with van der Waals surface area (Å²) in [5, 5.41) is 18.5. The summed E-state index contributed by atoms with van der Waals surface area (Å²) in [5.74, 6) is -1.10. The van der Waals surface area contributed by atoms with Gasteiger partial charge >= 0.3 is 0 Å². The Bertz CT molecular complexity index is 563. The molecule has 1 aromatic carbocycles. The van der Waals surface area contributed by atoms with Crippen molar-refractivity contribution in [2.24, 2.45) is 0 Å². The summed E-state index contributed by atoms with van der Waals surface area (Å²) in [7, 11) is 0. The molecular formula is C14H13FN2O2. The summed E-state index contributed by atoms with van der Waals surface area (Å²) in [6, 6.07) is 8.23. The molecule has 0 amide bonds. The minimum absolute atomic E-state index is 0.113. The monoisotopic (exact) mass is 260 g/mol. The van der Waals surface area contributed by atoms with E-state index in [4.69, 9.17) is 9.52 Å². The van der Waals surface area contributed by atoms with E-state index in [-0.39, 0.29) is 6.61 Å². The van der Waals surface area contributed by atoms with Gasteiger partial charge in [0.1, 0.15) is 11.6 Å². The van der Waals surface area contributed by atoms with Crippen LogP contribution < -0.4 is 0 Å². The topological polar surface area (TPSA) is 70.0 Å². The molecule has 0 bridgehead atoms. The van der Waals surface area contributed by atoms with Gasteiger partial charge in [0.25, 0.3) is 0 Å². The van der Waals surface area contributed by atoms with Crippen LogP contribution in [0, 0.1) is 17.1 Å². The number of hydrogen-bond donors (Lipinski definition) is 1. The van der Waals surface area contributed by atoms with E-state index in [1.165, 1.54) is 18.7 Å². The number of rotatable bonds is 5. The first-order valence-electron chi connectivity index (χ1n) is 5.91. The first kappa shape index (κ1) is 13.2. The number of oxazole rings is 1. The van der Waals surface area contributed by atoms with E-state index >= 15 is 0 Å². The number of nitrogens with zero attached hydrogens (tertiary/aromatic N) is 2. The van der Waals surface area contributed by atoms with Gasteiger partial charge in [-0.15, -0.1) is 0 Å². The van der Waals surface area contributed by atoms with Crippen molar-refractivity contribution in [2.45, 2.75) is 18.3 Å². The van der Waals surface area contributed by atoms with E-state index in [2.05, 4.69) is 11.1 Å². The fourth-order valence-electron chi connectivity index (χ4n) is 2.12. The molecule has 2 atom stereocenters. The fraction of sp³-hybridized carbons (Fsp3) is 0.286. The van der Waals surface area contributed by atoms with Gasteiger partial charge in [-0.1, -0.05) is 18.2 Å². The molecule has 4 nitrogen and oxygen atoms in total. The third-order valence-electron chi connectivity index (χ3n) is 3.04. The van der Waals surface area contributed by atoms with E-state index in [1.54, 1.807) is 18.2 Å². The molecule has 0 aliphatic rings. The Morgan fingerprint density at radius 1 is 1.42 bits per heavy atom. The van der Waals surface area contributed by atoms with Crippen LogP contribution in [0.1, 0.15) is 29.6 Å². The van der Waals surface area contributed by atoms with Gasteiger partial charge in [0.2, 0.25) is 0 Å². The predicted molar refractivity (Wildman–Crippen MR) is 65.7 cm³/mol. The van der Waals surface area contributed by atoms with Crippen molar-refractivity contribution >= 4 is 0 Å². The third-order valence-corrected chi connectivity index (χ3v) is 3.04. The Kier molecular flexibility index (Phi) is 4.26. The van der Waals surface area contributed by atoms with Crippen molar-refractivity contribution in [2.75, 3.05) is 6.61 Å². The lowest BCUT2D eigenvalue weighted by Crippen LogP contribution is -2.12. The quantitative estimate of drug-likeness (QED) is 0.897. The van der Waals surface area contributed by atoms with Crippen LogP contribution in [0.4, 0.5) is 4.39 Å². The average molecular weight is 260 g/mol. The summed E-state index contributed by atoms with van der Waals surface area (Å²) in [5.41, 5.74) is 0.305. The molecular weight excluding hydrogens is 247 g/mol. The number of halogens is 1. The van der Waals surface area contributed by atoms with Crippen LogP contribution in [0.25, 0.3) is 0 Å². The third kappa shape index (κ3) is 2.80. The molecule has 1 heterocycles. The summed E-state index contributed by atoms with van der Waals surface area (Å²) in [6.07, 6.45) is 3.06. The van der Waals surface area contributed by atoms with Gasteiger partial charge in [-0.25, -0.2) is 9.37 Å². The van der Waals surface area contributed by atoms with Crippen molar-refractivity contribution < 1.29 is 13.9 Å². The first-order valence-corrected chi connectivity index (χ1v) is 5.91. The summed E-state index contributed by atoms with van der Waals surface area (Å²) in [4.78, 5) is 3.81. The lowest BCUT2D eigenvalue weighted by molar-refractivity contribution is 0.262. The maximum Gasteiger partial charge on any atom is 0.180 e. The molecule has 0 aliphatic carbocycles. The highest BCUT2D eigenvalue weighted by molar-refractivity contribution is 5.30. The van der Waals surface area contributed by atoms with E-state index in [9.17, 15) is 9.65 Å². The predicted octanol–water partition coefficient (Wildman–Crippen LogP) is 2.59. The van der Waals surface area contributed by atoms with Crippen LogP contribution in [-0.4, -0.2) is 16.7 Å². The molecule has 0 saturated heterocycles. The zero-order valence-electron chi connectivity index (χ0n) is 10.2. The summed E-state index contributed by atoms with van der Waals surface area (Å²) >= 11 is 0. The van der Waals surface area contributed by atoms with E-state index in [0.29, 0.717) is 17.7 Å². The Labute approximate surface area is 110 Å². The largest absolute Gasteiger partial charge is 0.448 e. The minimum Gasteiger partial charge on any atom is -0.448 e. The fourth-order valence-corrected chi connectivity index (χ4v) is 2.12. The Hall–Kier alpha value is -2.19. The molecule has 0 radical (unpaired) electrons. The molecule has 2 rings (SSSR count). The molecule has 2 aromatic rings. The van der Waals surface area contributed by atoms with Gasteiger partial charge in [0, 0.05) is 18.1 Å². The maximum atomic E-state index is 13.8. The molecule has 5 heteroatoms. The number of aliphatic hydroxyl groups excluding tert-OH is 1. The van der Waals surface area contributed by atoms with E-state index in [1.807, 2.05) is 0 Å². The van der Waals surface area contributed by atoms with E-state index < -0.39 is 17.7 Å². The van der Waals surface area contributed by atoms with E-state index in [0.717, 1.165) is 0 Å². The zero-order valence-corrected chi connectivity index (χ0v) is 10.2. The SMILES string of the molecule is N#C[C@H](c1ccccc1F)[C@H](CCO)c1cnco1. The number of aliphatic hydroxyl groups is 1. The second kappa shape index (κ2) is 6.12. The molecule has 0 fully saturated rings. The average Bonchev–Trinajstić information content (AvgIpc) is 2.94. The van der Waals surface area contributed by atoms with Crippen molar-refractivity contribution in [1.29, 1.82) is 5.26 Å². The second-order valence-corrected chi connectivity index (χ2v) is 4.15. The number of hydrogen-bond acceptors (Lipinski definition) is 4. The molecule has 0 aliphatic heterocycles. The summed E-state index contributed by atoms with van der Waals surface area (Å²) in [6.45, 7) is -0.113. The maximum absolute atomic E-state index is 13.8. The number of aromatic nitrogens is 1. The zero-order chi connectivity index (χ0) is 13.7. The second-order valence-electron chi connectivity index (χ2n) is 4.15.